The van der Waals surface area contributed by atoms with E-state index in [0.29, 0.717) is 24.5 Å². The van der Waals surface area contributed by atoms with Crippen molar-refractivity contribution in [2.24, 2.45) is 7.05 Å². The summed E-state index contributed by atoms with van der Waals surface area (Å²) in [7, 11) is 3.27. The molecule has 0 atom stereocenters. The molecule has 2 rings (SSSR count). The number of imide groups is 1. The van der Waals surface area contributed by atoms with Gasteiger partial charge in [-0.3, -0.25) is 19.7 Å². The van der Waals surface area contributed by atoms with Gasteiger partial charge in [0.25, 0.3) is 11.8 Å². The van der Waals surface area contributed by atoms with Crippen LogP contribution in [-0.2, 0) is 21.4 Å². The summed E-state index contributed by atoms with van der Waals surface area (Å²) in [6.45, 7) is -0.173. The second-order valence-electron chi connectivity index (χ2n) is 5.67. The van der Waals surface area contributed by atoms with Crippen molar-refractivity contribution in [2.75, 3.05) is 20.3 Å². The van der Waals surface area contributed by atoms with E-state index in [-0.39, 0.29) is 6.42 Å². The van der Waals surface area contributed by atoms with Gasteiger partial charge in [0, 0.05) is 19.7 Å². The van der Waals surface area contributed by atoms with Crippen LogP contribution in [0.25, 0.3) is 0 Å². The highest BCUT2D eigenvalue weighted by Crippen LogP contribution is 2.17. The van der Waals surface area contributed by atoms with E-state index in [1.165, 1.54) is 0 Å². The average Bonchev–Trinajstić information content (AvgIpc) is 3.10. The number of carbonyl (C=O) groups excluding carboxylic acids is 3. The summed E-state index contributed by atoms with van der Waals surface area (Å²) in [5.41, 5.74) is 0.338. The number of esters is 1. The Balaban J connectivity index is 1.60. The molecule has 0 aliphatic heterocycles. The lowest BCUT2D eigenvalue weighted by Crippen LogP contribution is -2.35. The van der Waals surface area contributed by atoms with E-state index < -0.39 is 24.4 Å². The number of aryl methyl sites for hydroxylation is 1. The predicted octanol–water partition coefficient (Wildman–Crippen LogP) is 1.69. The Kier molecular flexibility index (Phi) is 7.42. The Bertz CT molecular complexity index is 782. The summed E-state index contributed by atoms with van der Waals surface area (Å²) in [6.07, 6.45) is 2.23. The van der Waals surface area contributed by atoms with Crippen LogP contribution in [0.15, 0.2) is 42.6 Å². The normalized spacial score (nSPS) is 10.1. The van der Waals surface area contributed by atoms with Crippen LogP contribution in [-0.4, -0.2) is 42.7 Å². The molecule has 27 heavy (non-hydrogen) atoms. The number of hydrogen-bond acceptors (Lipinski definition) is 6. The molecule has 1 heterocycles. The molecule has 1 N–H and O–H groups in total. The van der Waals surface area contributed by atoms with Crippen LogP contribution in [0, 0.1) is 0 Å². The standard InChI is InChI=1S/C19H22N2O6/c1-21-11-3-5-16(21)19(24)20-17(22)13-27-18(23)6-4-12-26-15-9-7-14(25-2)8-10-15/h3,5,7-11H,4,6,12-13H2,1-2H3,(H,20,22,24). The molecule has 0 aliphatic carbocycles. The van der Waals surface area contributed by atoms with E-state index in [4.69, 9.17) is 14.2 Å². The summed E-state index contributed by atoms with van der Waals surface area (Å²) >= 11 is 0. The first-order valence-electron chi connectivity index (χ1n) is 8.37. The molecule has 144 valence electrons. The van der Waals surface area contributed by atoms with Crippen molar-refractivity contribution in [3.05, 3.63) is 48.3 Å². The van der Waals surface area contributed by atoms with Gasteiger partial charge in [-0.1, -0.05) is 0 Å². The van der Waals surface area contributed by atoms with Crippen LogP contribution in [0.4, 0.5) is 0 Å². The highest BCUT2D eigenvalue weighted by molar-refractivity contribution is 6.04. The molecule has 8 heteroatoms. The highest BCUT2D eigenvalue weighted by Gasteiger charge is 2.14. The number of methoxy groups -OCH3 is 1. The summed E-state index contributed by atoms with van der Waals surface area (Å²) < 4.78 is 17.0. The number of aromatic nitrogens is 1. The minimum atomic E-state index is -0.677. The molecule has 1 aromatic carbocycles. The maximum atomic E-state index is 11.8. The van der Waals surface area contributed by atoms with Crippen molar-refractivity contribution in [3.63, 3.8) is 0 Å². The Morgan fingerprint density at radius 1 is 1.07 bits per heavy atom. The first kappa shape index (κ1) is 20.0. The minimum absolute atomic E-state index is 0.106. The fourth-order valence-corrected chi connectivity index (χ4v) is 2.22. The van der Waals surface area contributed by atoms with Crippen molar-refractivity contribution < 1.29 is 28.6 Å². The lowest BCUT2D eigenvalue weighted by Gasteiger charge is -2.08. The molecule has 0 saturated heterocycles. The zero-order chi connectivity index (χ0) is 19.6. The van der Waals surface area contributed by atoms with Gasteiger partial charge < -0.3 is 18.8 Å². The van der Waals surface area contributed by atoms with Gasteiger partial charge in [0.15, 0.2) is 6.61 Å². The molecule has 0 radical (unpaired) electrons. The second kappa shape index (κ2) is 10.0. The van der Waals surface area contributed by atoms with Gasteiger partial charge in [0.05, 0.1) is 13.7 Å². The zero-order valence-electron chi connectivity index (χ0n) is 15.3. The Labute approximate surface area is 157 Å². The van der Waals surface area contributed by atoms with Crippen LogP contribution in [0.3, 0.4) is 0 Å². The molecule has 8 nitrogen and oxygen atoms in total. The maximum Gasteiger partial charge on any atom is 0.306 e. The first-order chi connectivity index (χ1) is 13.0. The Hall–Kier alpha value is -3.29. The van der Waals surface area contributed by atoms with Gasteiger partial charge >= 0.3 is 5.97 Å². The van der Waals surface area contributed by atoms with E-state index in [0.717, 1.165) is 5.75 Å². The van der Waals surface area contributed by atoms with E-state index in [9.17, 15) is 14.4 Å². The molecular formula is C19H22N2O6. The van der Waals surface area contributed by atoms with E-state index in [2.05, 4.69) is 5.32 Å². The third-order valence-electron chi connectivity index (χ3n) is 3.65. The quantitative estimate of drug-likeness (QED) is 0.530. The van der Waals surface area contributed by atoms with Gasteiger partial charge in [-0.15, -0.1) is 0 Å². The number of nitrogens with zero attached hydrogens (tertiary/aromatic N) is 1. The van der Waals surface area contributed by atoms with Crippen LogP contribution in [0.1, 0.15) is 23.3 Å². The van der Waals surface area contributed by atoms with Crippen LogP contribution >= 0.6 is 0 Å². The molecule has 0 unspecified atom stereocenters. The Morgan fingerprint density at radius 3 is 2.41 bits per heavy atom. The number of hydrogen-bond donors (Lipinski definition) is 1. The van der Waals surface area contributed by atoms with Crippen LogP contribution < -0.4 is 14.8 Å². The zero-order valence-corrected chi connectivity index (χ0v) is 15.3. The molecule has 0 bridgehead atoms. The van der Waals surface area contributed by atoms with Crippen LogP contribution in [0.5, 0.6) is 11.5 Å². The molecule has 0 spiro atoms. The molecule has 0 fully saturated rings. The average molecular weight is 374 g/mol. The molecule has 0 aliphatic rings. The second-order valence-corrected chi connectivity index (χ2v) is 5.67. The SMILES string of the molecule is COc1ccc(OCCCC(=O)OCC(=O)NC(=O)c2cccn2C)cc1. The topological polar surface area (TPSA) is 95.9 Å². The minimum Gasteiger partial charge on any atom is -0.497 e. The smallest absolute Gasteiger partial charge is 0.306 e. The number of benzene rings is 1. The molecule has 2 amide bonds. The molecule has 0 saturated carbocycles. The first-order valence-corrected chi connectivity index (χ1v) is 8.37. The highest BCUT2D eigenvalue weighted by atomic mass is 16.5. The molecular weight excluding hydrogens is 352 g/mol. The summed E-state index contributed by atoms with van der Waals surface area (Å²) in [5.74, 6) is -0.354. The number of rotatable bonds is 9. The van der Waals surface area contributed by atoms with Gasteiger partial charge in [0.2, 0.25) is 0 Å². The van der Waals surface area contributed by atoms with Crippen LogP contribution in [0.2, 0.25) is 0 Å². The predicted molar refractivity (Wildman–Crippen MR) is 96.6 cm³/mol. The fraction of sp³-hybridized carbons (Fsp3) is 0.316. The summed E-state index contributed by atoms with van der Waals surface area (Å²) in [6, 6.07) is 10.4. The van der Waals surface area contributed by atoms with E-state index in [1.54, 1.807) is 61.3 Å². The lowest BCUT2D eigenvalue weighted by molar-refractivity contribution is -0.148. The van der Waals surface area contributed by atoms with Crippen molar-refractivity contribution in [1.29, 1.82) is 0 Å². The fourth-order valence-electron chi connectivity index (χ4n) is 2.22. The maximum absolute atomic E-state index is 11.8. The van der Waals surface area contributed by atoms with Crippen molar-refractivity contribution in [2.45, 2.75) is 12.8 Å². The van der Waals surface area contributed by atoms with E-state index in [1.807, 2.05) is 0 Å². The van der Waals surface area contributed by atoms with Gasteiger partial charge in [-0.2, -0.15) is 0 Å². The summed E-state index contributed by atoms with van der Waals surface area (Å²) in [5, 5.41) is 2.17. The number of amides is 2. The third kappa shape index (κ3) is 6.50. The van der Waals surface area contributed by atoms with Crippen molar-refractivity contribution >= 4 is 17.8 Å². The van der Waals surface area contributed by atoms with E-state index >= 15 is 0 Å². The Morgan fingerprint density at radius 2 is 1.78 bits per heavy atom. The van der Waals surface area contributed by atoms with Crippen molar-refractivity contribution in [3.8, 4) is 11.5 Å². The lowest BCUT2D eigenvalue weighted by atomic mass is 10.3. The number of ether oxygens (including phenoxy) is 3. The third-order valence-corrected chi connectivity index (χ3v) is 3.65. The largest absolute Gasteiger partial charge is 0.497 e. The van der Waals surface area contributed by atoms with Gasteiger partial charge in [0.1, 0.15) is 17.2 Å². The van der Waals surface area contributed by atoms with Crippen molar-refractivity contribution in [1.82, 2.24) is 9.88 Å². The van der Waals surface area contributed by atoms with Gasteiger partial charge in [-0.25, -0.2) is 0 Å². The molecule has 1 aromatic heterocycles. The summed E-state index contributed by atoms with van der Waals surface area (Å²) in [4.78, 5) is 35.2. The number of carbonyl (C=O) groups is 3. The molecule has 2 aromatic rings. The van der Waals surface area contributed by atoms with Gasteiger partial charge in [-0.05, 0) is 42.8 Å². The number of nitrogens with one attached hydrogen (secondary N) is 1. The monoisotopic (exact) mass is 374 g/mol.